The van der Waals surface area contributed by atoms with E-state index in [1.807, 2.05) is 36.1 Å². The first-order valence-electron chi connectivity index (χ1n) is 16.4. The Morgan fingerprint density at radius 2 is 0.918 bits per heavy atom. The Morgan fingerprint density at radius 1 is 0.612 bits per heavy atom. The molecule has 0 radical (unpaired) electrons. The number of ether oxygens (including phenoxy) is 4. The molecule has 13 heteroatoms. The molecule has 0 bridgehead atoms. The molecular formula is C36H56N2O11. The molecule has 276 valence electrons. The van der Waals surface area contributed by atoms with Crippen LogP contribution in [-0.2, 0) is 46.4 Å². The lowest BCUT2D eigenvalue weighted by Gasteiger charge is -2.28. The largest absolute Gasteiger partial charge is 0.460 e. The lowest BCUT2D eigenvalue weighted by molar-refractivity contribution is -0.143. The van der Waals surface area contributed by atoms with Crippen molar-refractivity contribution in [3.8, 4) is 0 Å². The highest BCUT2D eigenvalue weighted by molar-refractivity contribution is 5.87. The average Bonchev–Trinajstić information content (AvgIpc) is 3.03. The van der Waals surface area contributed by atoms with E-state index in [2.05, 4.69) is 19.7 Å². The summed E-state index contributed by atoms with van der Waals surface area (Å²) in [5, 5.41) is 42.4. The highest BCUT2D eigenvalue weighted by Gasteiger charge is 2.21. The second-order valence-corrected chi connectivity index (χ2v) is 12.4. The molecular weight excluding hydrogens is 636 g/mol. The average molecular weight is 693 g/mol. The van der Waals surface area contributed by atoms with Gasteiger partial charge in [-0.3, -0.25) is 9.80 Å². The van der Waals surface area contributed by atoms with Crippen molar-refractivity contribution in [1.82, 2.24) is 9.80 Å². The first-order valence-corrected chi connectivity index (χ1v) is 16.4. The molecule has 4 unspecified atom stereocenters. The van der Waals surface area contributed by atoms with Crippen LogP contribution in [0.4, 0.5) is 0 Å². The van der Waals surface area contributed by atoms with Gasteiger partial charge >= 0.3 is 17.9 Å². The van der Waals surface area contributed by atoms with E-state index < -0.39 is 42.3 Å². The number of aliphatic hydroxyl groups excluding tert-OH is 4. The number of unbranched alkanes of at least 4 members (excludes halogenated alkanes) is 1. The number of rotatable bonds is 26. The van der Waals surface area contributed by atoms with Crippen molar-refractivity contribution in [3.63, 3.8) is 0 Å². The molecule has 0 spiro atoms. The first-order chi connectivity index (χ1) is 23.1. The molecule has 49 heavy (non-hydrogen) atoms. The van der Waals surface area contributed by atoms with Gasteiger partial charge in [0.05, 0.1) is 12.7 Å². The van der Waals surface area contributed by atoms with Crippen LogP contribution in [0.3, 0.4) is 0 Å². The topological polar surface area (TPSA) is 176 Å². The van der Waals surface area contributed by atoms with E-state index in [1.165, 1.54) is 20.8 Å². The summed E-state index contributed by atoms with van der Waals surface area (Å²) >= 11 is 0. The predicted molar refractivity (Wildman–Crippen MR) is 184 cm³/mol. The Kier molecular flexibility index (Phi) is 21.2. The number of carbonyl (C=O) groups excluding carboxylic acids is 3. The van der Waals surface area contributed by atoms with Gasteiger partial charge in [0, 0.05) is 62.6 Å². The van der Waals surface area contributed by atoms with Gasteiger partial charge in [-0.25, -0.2) is 14.4 Å². The molecule has 0 aromatic heterocycles. The summed E-state index contributed by atoms with van der Waals surface area (Å²) in [6.45, 7) is 18.1. The molecule has 4 N–H and O–H groups in total. The molecule has 4 atom stereocenters. The third kappa shape index (κ3) is 20.0. The maximum Gasteiger partial charge on any atom is 0.333 e. The van der Waals surface area contributed by atoms with Crippen LogP contribution in [-0.4, -0.2) is 132 Å². The van der Waals surface area contributed by atoms with Gasteiger partial charge in [0.25, 0.3) is 0 Å². The maximum atomic E-state index is 11.8. The van der Waals surface area contributed by atoms with Gasteiger partial charge in [-0.15, -0.1) is 0 Å². The molecule has 0 fully saturated rings. The summed E-state index contributed by atoms with van der Waals surface area (Å²) in [5.41, 5.74) is 2.34. The van der Waals surface area contributed by atoms with E-state index in [9.17, 15) is 34.8 Å². The highest BCUT2D eigenvalue weighted by Crippen LogP contribution is 2.13. The number of hydrogen-bond donors (Lipinski definition) is 4. The quantitative estimate of drug-likeness (QED) is 0.0480. The van der Waals surface area contributed by atoms with Gasteiger partial charge in [-0.05, 0) is 38.3 Å². The van der Waals surface area contributed by atoms with E-state index >= 15 is 0 Å². The van der Waals surface area contributed by atoms with Gasteiger partial charge < -0.3 is 39.4 Å². The van der Waals surface area contributed by atoms with Gasteiger partial charge in [0.1, 0.15) is 38.1 Å². The zero-order chi connectivity index (χ0) is 36.9. The summed E-state index contributed by atoms with van der Waals surface area (Å²) in [6, 6.07) is 7.51. The van der Waals surface area contributed by atoms with Gasteiger partial charge in [0.15, 0.2) is 0 Å². The number of esters is 3. The van der Waals surface area contributed by atoms with Crippen molar-refractivity contribution in [3.05, 3.63) is 71.8 Å². The lowest BCUT2D eigenvalue weighted by atomic mass is 10.1. The molecule has 1 aromatic rings. The molecule has 1 rings (SSSR count). The van der Waals surface area contributed by atoms with E-state index in [0.29, 0.717) is 19.7 Å². The predicted octanol–water partition coefficient (Wildman–Crippen LogP) is 1.91. The fourth-order valence-corrected chi connectivity index (χ4v) is 4.43. The molecule has 0 saturated heterocycles. The zero-order valence-corrected chi connectivity index (χ0v) is 29.5. The molecule has 0 amide bonds. The van der Waals surface area contributed by atoms with E-state index in [-0.39, 0.29) is 69.3 Å². The fraction of sp³-hybridized carbons (Fsp3) is 0.583. The number of aliphatic hydroxyl groups is 4. The third-order valence-electron chi connectivity index (χ3n) is 6.93. The molecule has 0 aliphatic heterocycles. The van der Waals surface area contributed by atoms with Crippen LogP contribution in [0.2, 0.25) is 0 Å². The number of hydrogen-bond acceptors (Lipinski definition) is 13. The summed E-state index contributed by atoms with van der Waals surface area (Å²) in [6.07, 6.45) is -2.10. The van der Waals surface area contributed by atoms with Crippen LogP contribution < -0.4 is 0 Å². The Balaban J connectivity index is 3.00. The minimum atomic E-state index is -1.07. The third-order valence-corrected chi connectivity index (χ3v) is 6.93. The Hall–Kier alpha value is -3.43. The second kappa shape index (κ2) is 23.8. The SMILES string of the molecule is C=C(C)C(=O)OCC(O)CN(Cc1ccc(CN(CC(O)COC(=O)C(=C)C)CC(O)COC(=O)C(=C)C)cc1)CC(O)COCCCC. The van der Waals surface area contributed by atoms with Crippen LogP contribution in [0.5, 0.6) is 0 Å². The van der Waals surface area contributed by atoms with E-state index in [4.69, 9.17) is 18.9 Å². The van der Waals surface area contributed by atoms with Crippen molar-refractivity contribution in [2.75, 3.05) is 59.2 Å². The Morgan fingerprint density at radius 3 is 1.20 bits per heavy atom. The van der Waals surface area contributed by atoms with Crippen molar-refractivity contribution >= 4 is 17.9 Å². The minimum absolute atomic E-state index is 0.0382. The minimum Gasteiger partial charge on any atom is -0.460 e. The summed E-state index contributed by atoms with van der Waals surface area (Å²) in [7, 11) is 0. The number of carbonyl (C=O) groups is 3. The van der Waals surface area contributed by atoms with Crippen molar-refractivity contribution < 1.29 is 53.8 Å². The summed E-state index contributed by atoms with van der Waals surface area (Å²) in [5.74, 6) is -1.85. The highest BCUT2D eigenvalue weighted by atomic mass is 16.6. The van der Waals surface area contributed by atoms with Crippen molar-refractivity contribution in [2.24, 2.45) is 0 Å². The van der Waals surface area contributed by atoms with Crippen LogP contribution in [0.15, 0.2) is 60.7 Å². The van der Waals surface area contributed by atoms with E-state index in [0.717, 1.165) is 24.0 Å². The Bertz CT molecular complexity index is 1170. The number of benzene rings is 1. The van der Waals surface area contributed by atoms with Crippen LogP contribution >= 0.6 is 0 Å². The Labute approximate surface area is 290 Å². The van der Waals surface area contributed by atoms with Gasteiger partial charge in [-0.1, -0.05) is 57.3 Å². The smallest absolute Gasteiger partial charge is 0.333 e. The normalized spacial score (nSPS) is 13.8. The lowest BCUT2D eigenvalue weighted by Crippen LogP contribution is -2.41. The molecule has 13 nitrogen and oxygen atoms in total. The van der Waals surface area contributed by atoms with Crippen LogP contribution in [0.1, 0.15) is 51.7 Å². The van der Waals surface area contributed by atoms with Gasteiger partial charge in [-0.2, -0.15) is 0 Å². The van der Waals surface area contributed by atoms with Gasteiger partial charge in [0.2, 0.25) is 0 Å². The molecule has 0 aliphatic carbocycles. The molecule has 0 aliphatic rings. The molecule has 1 aromatic carbocycles. The molecule has 0 saturated carbocycles. The standard InChI is InChI=1S/C36H56N2O11/c1-8-9-14-46-21-30(39)17-37(18-31(40)22-47-34(43)25(2)3)15-28-10-12-29(13-11-28)16-38(19-32(41)23-48-35(44)26(4)5)20-33(42)24-49-36(45)27(6)7/h10-13,30-33,39-42H,2,4,6,8-9,14-24H2,1,3,5,7H3. The van der Waals surface area contributed by atoms with Crippen LogP contribution in [0.25, 0.3) is 0 Å². The monoisotopic (exact) mass is 692 g/mol. The maximum absolute atomic E-state index is 11.8. The fourth-order valence-electron chi connectivity index (χ4n) is 4.43. The van der Waals surface area contributed by atoms with Crippen LogP contribution in [0, 0.1) is 0 Å². The summed E-state index contributed by atoms with van der Waals surface area (Å²) in [4.78, 5) is 39.0. The number of nitrogens with zero attached hydrogens (tertiary/aromatic N) is 2. The zero-order valence-electron chi connectivity index (χ0n) is 29.5. The molecule has 0 heterocycles. The van der Waals surface area contributed by atoms with Crippen molar-refractivity contribution in [1.29, 1.82) is 0 Å². The van der Waals surface area contributed by atoms with Crippen molar-refractivity contribution in [2.45, 2.75) is 78.0 Å². The van der Waals surface area contributed by atoms with E-state index in [1.54, 1.807) is 4.90 Å². The summed E-state index contributed by atoms with van der Waals surface area (Å²) < 4.78 is 20.8. The first kappa shape index (κ1) is 43.6. The second-order valence-electron chi connectivity index (χ2n) is 12.4.